The molecule has 1 fully saturated rings. The molecule has 2 N–H and O–H groups in total. The van der Waals surface area contributed by atoms with Crippen molar-refractivity contribution in [1.29, 1.82) is 0 Å². The number of benzene rings is 2. The van der Waals surface area contributed by atoms with Gasteiger partial charge in [-0.05, 0) is 83.4 Å². The summed E-state index contributed by atoms with van der Waals surface area (Å²) in [4.78, 5) is 10.2. The maximum Gasteiger partial charge on any atom is 0.436 e. The first-order valence-corrected chi connectivity index (χ1v) is 19.9. The smallest absolute Gasteiger partial charge is 0.436 e. The van der Waals surface area contributed by atoms with Gasteiger partial charge in [0.2, 0.25) is 6.11 Å². The Hall–Kier alpha value is -2.78. The second-order valence-electron chi connectivity index (χ2n) is 18.0. The third-order valence-corrected chi connectivity index (χ3v) is 12.5. The van der Waals surface area contributed by atoms with E-state index in [0.29, 0.717) is 11.5 Å². The Labute approximate surface area is 354 Å². The van der Waals surface area contributed by atoms with Gasteiger partial charge >= 0.3 is 18.0 Å². The molecule has 59 heavy (non-hydrogen) atoms. The molecule has 15 heteroatoms. The first kappa shape index (κ1) is 54.2. The number of aromatic hydroxyl groups is 2. The molecule has 2 atom stereocenters. The minimum atomic E-state index is -7.08. The Kier molecular flexibility index (Phi) is 17.9. The minimum absolute atomic E-state index is 0. The van der Waals surface area contributed by atoms with Crippen molar-refractivity contribution in [2.24, 2.45) is 9.98 Å². The van der Waals surface area contributed by atoms with Crippen LogP contribution in [-0.4, -0.2) is 58.9 Å². The summed E-state index contributed by atoms with van der Waals surface area (Å²) in [7, 11) is 0. The number of alkyl halides is 9. The molecular weight excluding hydrogens is 834 g/mol. The van der Waals surface area contributed by atoms with Gasteiger partial charge in [0.1, 0.15) is 11.5 Å². The molecule has 2 aromatic carbocycles. The van der Waals surface area contributed by atoms with Gasteiger partial charge in [0, 0.05) is 51.5 Å². The number of hydrogen-bond donors (Lipinski definition) is 2. The molecule has 0 heterocycles. The average molecular weight is 897 g/mol. The molecule has 2 aromatic rings. The maximum atomic E-state index is 12.0. The van der Waals surface area contributed by atoms with Gasteiger partial charge in [0.15, 0.2) is 0 Å². The monoisotopic (exact) mass is 896 g/mol. The van der Waals surface area contributed by atoms with Crippen LogP contribution in [0.3, 0.4) is 0 Å². The predicted molar refractivity (Wildman–Crippen MR) is 212 cm³/mol. The molecule has 1 saturated carbocycles. The Morgan fingerprint density at radius 1 is 0.559 bits per heavy atom. The van der Waals surface area contributed by atoms with Crippen LogP contribution in [0, 0.1) is 0 Å². The van der Waals surface area contributed by atoms with E-state index in [4.69, 9.17) is 9.98 Å². The molecule has 0 bridgehead atoms. The summed E-state index contributed by atoms with van der Waals surface area (Å²) in [5, 5.41) is 32.2. The zero-order chi connectivity index (χ0) is 45.1. The molecular formula is C44H62CoF9N2O3-. The molecule has 3 rings (SSSR count). The van der Waals surface area contributed by atoms with E-state index in [1.54, 1.807) is 0 Å². The van der Waals surface area contributed by atoms with Gasteiger partial charge in [0.25, 0.3) is 0 Å². The van der Waals surface area contributed by atoms with Crippen molar-refractivity contribution >= 4 is 12.4 Å². The number of hydrogen-bond acceptors (Lipinski definition) is 5. The van der Waals surface area contributed by atoms with Crippen molar-refractivity contribution < 1.29 is 71.6 Å². The van der Waals surface area contributed by atoms with E-state index in [-0.39, 0.29) is 50.5 Å². The van der Waals surface area contributed by atoms with Crippen LogP contribution in [0.5, 0.6) is 11.5 Å². The molecule has 2 unspecified atom stereocenters. The minimum Gasteiger partial charge on any atom is -0.795 e. The molecule has 0 aromatic heterocycles. The van der Waals surface area contributed by atoms with Gasteiger partial charge in [0.05, 0.1) is 12.1 Å². The Bertz CT molecular complexity index is 1620. The van der Waals surface area contributed by atoms with Crippen molar-refractivity contribution in [3.8, 4) is 11.5 Å². The number of halogens is 9. The van der Waals surface area contributed by atoms with Crippen molar-refractivity contribution in [2.75, 3.05) is 0 Å². The zero-order valence-corrected chi connectivity index (χ0v) is 37.2. The number of aliphatic imine (C=N–C) groups is 2. The molecule has 0 saturated heterocycles. The molecule has 1 aliphatic rings. The van der Waals surface area contributed by atoms with Crippen LogP contribution in [0.1, 0.15) is 168 Å². The van der Waals surface area contributed by atoms with Crippen LogP contribution in [-0.2, 0) is 38.4 Å². The fourth-order valence-corrected chi connectivity index (χ4v) is 6.40. The van der Waals surface area contributed by atoms with Gasteiger partial charge in [-0.15, -0.1) is 0 Å². The summed E-state index contributed by atoms with van der Waals surface area (Å²) in [6, 6.07) is 8.76. The van der Waals surface area contributed by atoms with Crippen LogP contribution in [0.2, 0.25) is 0 Å². The molecule has 1 aliphatic carbocycles. The standard InChI is InChI=1S/C40H62N2O2.C4F9O.Co/c1-13-37(5,6)29-21-27(35(43)31(23-29)39(9,10)15-3)25-41-33-19-17-18-20-34(33)42-26-28-22-30(38(7,8)14-2)24-32(36(28)44)40(11,12)16-4;5-1(2(6,7)8,3(9,10)11)4(12,13)14;/h21-26,33-34,43-44H,13-20H2,1-12H3;;/q;-1;. The first-order chi connectivity index (χ1) is 26.2. The summed E-state index contributed by atoms with van der Waals surface area (Å²) >= 11 is 0. The number of phenols is 2. The number of rotatable bonds is 13. The van der Waals surface area contributed by atoms with Crippen LogP contribution < -0.4 is 5.11 Å². The topological polar surface area (TPSA) is 88.2 Å². The summed E-state index contributed by atoms with van der Waals surface area (Å²) in [5.74, 6) is 0.692. The second-order valence-corrected chi connectivity index (χ2v) is 18.0. The predicted octanol–water partition coefficient (Wildman–Crippen LogP) is 12.5. The normalized spacial score (nSPS) is 17.9. The Morgan fingerprint density at radius 3 is 1.07 bits per heavy atom. The van der Waals surface area contributed by atoms with Crippen LogP contribution >= 0.6 is 0 Å². The van der Waals surface area contributed by atoms with Crippen molar-refractivity contribution in [3.63, 3.8) is 0 Å². The summed E-state index contributed by atoms with van der Waals surface area (Å²) in [6.07, 6.45) is -9.01. The fourth-order valence-electron chi connectivity index (χ4n) is 6.40. The molecule has 0 amide bonds. The summed E-state index contributed by atoms with van der Waals surface area (Å²) in [6.45, 7) is 26.7. The summed E-state index contributed by atoms with van der Waals surface area (Å²) in [5.41, 5.74) is -1.29. The van der Waals surface area contributed by atoms with Crippen LogP contribution in [0.15, 0.2) is 34.3 Å². The molecule has 339 valence electrons. The van der Waals surface area contributed by atoms with E-state index in [2.05, 4.69) is 107 Å². The molecule has 0 aliphatic heterocycles. The van der Waals surface area contributed by atoms with Crippen LogP contribution in [0.4, 0.5) is 39.5 Å². The van der Waals surface area contributed by atoms with E-state index in [1.807, 2.05) is 12.4 Å². The van der Waals surface area contributed by atoms with E-state index in [1.165, 1.54) is 11.1 Å². The van der Waals surface area contributed by atoms with E-state index in [0.717, 1.165) is 73.6 Å². The summed E-state index contributed by atoms with van der Waals surface area (Å²) < 4.78 is 103. The maximum absolute atomic E-state index is 12.0. The van der Waals surface area contributed by atoms with Gasteiger partial charge in [-0.1, -0.05) is 108 Å². The zero-order valence-electron chi connectivity index (χ0n) is 36.2. The SMILES string of the molecule is CCC(C)(C)c1cc(C=NC2CCCCC2N=Cc2cc(C(C)(C)CC)cc(C(C)(C)CC)c2O)c(O)c(C(C)(C)CC)c1.[Co].[O-]C(F)(F)C(F)(C(F)(F)F)C(F)(F)F. The average Bonchev–Trinajstić information content (AvgIpc) is 3.12. The van der Waals surface area contributed by atoms with Crippen molar-refractivity contribution in [2.45, 2.75) is 192 Å². The van der Waals surface area contributed by atoms with Crippen LogP contribution in [0.25, 0.3) is 0 Å². The largest absolute Gasteiger partial charge is 0.795 e. The van der Waals surface area contributed by atoms with Gasteiger partial charge in [-0.25, -0.2) is 13.2 Å². The number of phenolic OH excluding ortho intramolecular Hbond substituents is 2. The molecule has 0 spiro atoms. The first-order valence-electron chi connectivity index (χ1n) is 19.9. The van der Waals surface area contributed by atoms with Gasteiger partial charge < -0.3 is 15.3 Å². The van der Waals surface area contributed by atoms with Gasteiger partial charge in [-0.2, -0.15) is 26.3 Å². The van der Waals surface area contributed by atoms with E-state index < -0.39 is 24.1 Å². The van der Waals surface area contributed by atoms with E-state index >= 15 is 0 Å². The Morgan fingerprint density at radius 2 is 0.847 bits per heavy atom. The quantitative estimate of drug-likeness (QED) is 0.155. The number of nitrogens with zero attached hydrogens (tertiary/aromatic N) is 2. The molecule has 5 nitrogen and oxygen atoms in total. The fraction of sp³-hybridized carbons (Fsp3) is 0.682. The van der Waals surface area contributed by atoms with E-state index in [9.17, 15) is 54.8 Å². The molecule has 1 radical (unpaired) electrons. The Balaban J connectivity index is 0.000000990. The van der Waals surface area contributed by atoms with Crippen molar-refractivity contribution in [3.05, 3.63) is 57.6 Å². The third-order valence-electron chi connectivity index (χ3n) is 12.5. The third kappa shape index (κ3) is 12.2. The van der Waals surface area contributed by atoms with Crippen molar-refractivity contribution in [1.82, 2.24) is 0 Å². The van der Waals surface area contributed by atoms with Gasteiger partial charge in [-0.3, -0.25) is 9.98 Å². The second kappa shape index (κ2) is 19.5.